The first-order valence-corrected chi connectivity index (χ1v) is 8.08. The summed E-state index contributed by atoms with van der Waals surface area (Å²) in [5.41, 5.74) is 6.73. The van der Waals surface area contributed by atoms with E-state index < -0.39 is 11.4 Å². The van der Waals surface area contributed by atoms with Crippen LogP contribution in [0, 0.1) is 12.7 Å². The monoisotopic (exact) mass is 354 g/mol. The number of hydrogen-bond acceptors (Lipinski definition) is 6. The van der Waals surface area contributed by atoms with Crippen LogP contribution in [0.3, 0.4) is 0 Å². The molecular weight excluding hydrogens is 335 g/mol. The zero-order chi connectivity index (χ0) is 18.9. The molecule has 1 aromatic carbocycles. The summed E-state index contributed by atoms with van der Waals surface area (Å²) in [6.45, 7) is 7.30. The minimum Gasteiger partial charge on any atom is -0.431 e. The molecule has 0 radical (unpaired) electrons. The molecule has 1 aliphatic rings. The number of halogens is 1. The summed E-state index contributed by atoms with van der Waals surface area (Å²) in [7, 11) is 0. The van der Waals surface area contributed by atoms with Crippen molar-refractivity contribution < 1.29 is 13.9 Å². The number of rotatable bonds is 4. The predicted octanol–water partition coefficient (Wildman–Crippen LogP) is 2.81. The predicted molar refractivity (Wildman–Crippen MR) is 95.0 cm³/mol. The minimum absolute atomic E-state index is 0.0560. The standard InChI is InChI=1S/C19H19FN4O2/c1-11-9-23-16(10-22-11)17(25)7-13-4-5-15(20)14(6-13)19(3)8-12(2)26-18(21)24-19/h4-6,9-10H,2,7-8H2,1,3H3,(H2,21,24)/t19-/m0/s1. The summed E-state index contributed by atoms with van der Waals surface area (Å²) < 4.78 is 19.6. The molecule has 2 N–H and O–H groups in total. The summed E-state index contributed by atoms with van der Waals surface area (Å²) in [4.78, 5) is 24.8. The van der Waals surface area contributed by atoms with Crippen LogP contribution in [-0.2, 0) is 16.7 Å². The number of nitrogens with zero attached hydrogens (tertiary/aromatic N) is 3. The van der Waals surface area contributed by atoms with E-state index in [0.717, 1.165) is 5.69 Å². The fraction of sp³-hybridized carbons (Fsp3) is 0.263. The van der Waals surface area contributed by atoms with Crippen molar-refractivity contribution in [1.29, 1.82) is 0 Å². The number of ether oxygens (including phenoxy) is 1. The molecule has 7 heteroatoms. The molecule has 1 atom stereocenters. The summed E-state index contributed by atoms with van der Waals surface area (Å²) in [5, 5.41) is 0. The number of hydrogen-bond donors (Lipinski definition) is 1. The largest absolute Gasteiger partial charge is 0.431 e. The van der Waals surface area contributed by atoms with Gasteiger partial charge in [0.2, 0.25) is 0 Å². The van der Waals surface area contributed by atoms with Gasteiger partial charge in [0, 0.05) is 24.6 Å². The smallest absolute Gasteiger partial charge is 0.288 e. The highest BCUT2D eigenvalue weighted by Crippen LogP contribution is 2.37. The van der Waals surface area contributed by atoms with Gasteiger partial charge in [0.1, 0.15) is 17.3 Å². The average Bonchev–Trinajstić information content (AvgIpc) is 2.55. The minimum atomic E-state index is -0.938. The van der Waals surface area contributed by atoms with E-state index in [1.54, 1.807) is 26.0 Å². The lowest BCUT2D eigenvalue weighted by atomic mass is 9.86. The van der Waals surface area contributed by atoms with Gasteiger partial charge >= 0.3 is 0 Å². The third kappa shape index (κ3) is 3.61. The van der Waals surface area contributed by atoms with Gasteiger partial charge in [0.25, 0.3) is 6.02 Å². The second-order valence-electron chi connectivity index (χ2n) is 6.50. The average molecular weight is 354 g/mol. The van der Waals surface area contributed by atoms with E-state index >= 15 is 0 Å². The molecule has 26 heavy (non-hydrogen) atoms. The number of aliphatic imine (C=N–C) groups is 1. The summed E-state index contributed by atoms with van der Waals surface area (Å²) >= 11 is 0. The van der Waals surface area contributed by atoms with E-state index in [1.807, 2.05) is 0 Å². The summed E-state index contributed by atoms with van der Waals surface area (Å²) in [6, 6.07) is 4.47. The zero-order valence-corrected chi connectivity index (χ0v) is 14.6. The van der Waals surface area contributed by atoms with Crippen molar-refractivity contribution in [1.82, 2.24) is 9.97 Å². The number of Topliss-reactive ketones (excluding diaryl/α,β-unsaturated/α-hetero) is 1. The van der Waals surface area contributed by atoms with Crippen molar-refractivity contribution in [2.24, 2.45) is 10.7 Å². The van der Waals surface area contributed by atoms with Gasteiger partial charge in [0.05, 0.1) is 17.4 Å². The Bertz CT molecular complexity index is 908. The molecule has 134 valence electrons. The lowest BCUT2D eigenvalue weighted by Gasteiger charge is -2.31. The molecular formula is C19H19FN4O2. The van der Waals surface area contributed by atoms with Crippen LogP contribution in [0.25, 0.3) is 0 Å². The third-order valence-corrected chi connectivity index (χ3v) is 4.19. The molecule has 0 spiro atoms. The molecule has 0 unspecified atom stereocenters. The van der Waals surface area contributed by atoms with E-state index in [1.165, 1.54) is 18.5 Å². The van der Waals surface area contributed by atoms with Gasteiger partial charge in [-0.1, -0.05) is 12.6 Å². The van der Waals surface area contributed by atoms with Gasteiger partial charge in [-0.15, -0.1) is 0 Å². The lowest BCUT2D eigenvalue weighted by molar-refractivity contribution is 0.0987. The molecule has 2 heterocycles. The Morgan fingerprint density at radius 1 is 1.38 bits per heavy atom. The Morgan fingerprint density at radius 2 is 2.15 bits per heavy atom. The van der Waals surface area contributed by atoms with E-state index in [0.29, 0.717) is 23.3 Å². The molecule has 0 saturated carbocycles. The number of carbonyl (C=O) groups is 1. The summed E-state index contributed by atoms with van der Waals surface area (Å²) in [5.74, 6) is -0.208. The first kappa shape index (κ1) is 17.7. The van der Waals surface area contributed by atoms with Crippen LogP contribution < -0.4 is 5.73 Å². The highest BCUT2D eigenvalue weighted by Gasteiger charge is 2.34. The van der Waals surface area contributed by atoms with Crippen LogP contribution in [-0.4, -0.2) is 21.8 Å². The van der Waals surface area contributed by atoms with E-state index in [-0.39, 0.29) is 23.9 Å². The molecule has 0 amide bonds. The van der Waals surface area contributed by atoms with Crippen molar-refractivity contribution in [3.63, 3.8) is 0 Å². The van der Waals surface area contributed by atoms with Gasteiger partial charge in [-0.25, -0.2) is 14.4 Å². The summed E-state index contributed by atoms with van der Waals surface area (Å²) in [6.07, 6.45) is 3.36. The Labute approximate surface area is 150 Å². The van der Waals surface area contributed by atoms with Crippen molar-refractivity contribution in [3.05, 3.63) is 71.3 Å². The molecule has 6 nitrogen and oxygen atoms in total. The molecule has 1 aromatic heterocycles. The Morgan fingerprint density at radius 3 is 2.81 bits per heavy atom. The highest BCUT2D eigenvalue weighted by atomic mass is 19.1. The topological polar surface area (TPSA) is 90.5 Å². The van der Waals surface area contributed by atoms with Crippen molar-refractivity contribution in [2.45, 2.75) is 32.2 Å². The fourth-order valence-corrected chi connectivity index (χ4v) is 2.94. The van der Waals surface area contributed by atoms with Crippen molar-refractivity contribution in [3.8, 4) is 0 Å². The second-order valence-corrected chi connectivity index (χ2v) is 6.50. The quantitative estimate of drug-likeness (QED) is 0.853. The first-order valence-electron chi connectivity index (χ1n) is 8.08. The van der Waals surface area contributed by atoms with Gasteiger partial charge in [-0.2, -0.15) is 0 Å². The Kier molecular flexibility index (Phi) is 4.54. The number of aryl methyl sites for hydroxylation is 1. The van der Waals surface area contributed by atoms with Crippen molar-refractivity contribution >= 4 is 11.8 Å². The van der Waals surface area contributed by atoms with Gasteiger partial charge < -0.3 is 10.5 Å². The number of benzene rings is 1. The number of aromatic nitrogens is 2. The maximum atomic E-state index is 14.5. The maximum Gasteiger partial charge on any atom is 0.288 e. The molecule has 0 fully saturated rings. The second kappa shape index (κ2) is 6.67. The Balaban J connectivity index is 1.90. The zero-order valence-electron chi connectivity index (χ0n) is 14.6. The van der Waals surface area contributed by atoms with Gasteiger partial charge in [-0.05, 0) is 31.5 Å². The molecule has 2 aromatic rings. The van der Waals surface area contributed by atoms with E-state index in [4.69, 9.17) is 10.5 Å². The molecule has 0 aliphatic carbocycles. The molecule has 3 rings (SSSR count). The normalized spacial score (nSPS) is 19.7. The van der Waals surface area contributed by atoms with Crippen LogP contribution in [0.1, 0.15) is 40.7 Å². The molecule has 0 bridgehead atoms. The Hall–Kier alpha value is -3.09. The molecule has 1 aliphatic heterocycles. The highest BCUT2D eigenvalue weighted by molar-refractivity contribution is 5.95. The van der Waals surface area contributed by atoms with Crippen LogP contribution in [0.2, 0.25) is 0 Å². The lowest BCUT2D eigenvalue weighted by Crippen LogP contribution is -2.33. The number of nitrogens with two attached hydrogens (primary N) is 1. The number of amidine groups is 1. The van der Waals surface area contributed by atoms with Crippen LogP contribution in [0.5, 0.6) is 0 Å². The van der Waals surface area contributed by atoms with E-state index in [9.17, 15) is 9.18 Å². The maximum absolute atomic E-state index is 14.5. The van der Waals surface area contributed by atoms with E-state index in [2.05, 4.69) is 21.5 Å². The third-order valence-electron chi connectivity index (χ3n) is 4.19. The van der Waals surface area contributed by atoms with Crippen molar-refractivity contribution in [2.75, 3.05) is 0 Å². The van der Waals surface area contributed by atoms with Crippen LogP contribution in [0.4, 0.5) is 4.39 Å². The number of carbonyl (C=O) groups excluding carboxylic acids is 1. The molecule has 0 saturated heterocycles. The van der Waals surface area contributed by atoms with Crippen LogP contribution in [0.15, 0.2) is 47.9 Å². The number of ketones is 1. The fourth-order valence-electron chi connectivity index (χ4n) is 2.94. The first-order chi connectivity index (χ1) is 12.3. The van der Waals surface area contributed by atoms with Crippen LogP contribution >= 0.6 is 0 Å². The van der Waals surface area contributed by atoms with Gasteiger partial charge in [0.15, 0.2) is 5.78 Å². The SMILES string of the molecule is C=C1C[C@@](C)(c2cc(CC(=O)c3cnc(C)cn3)ccc2F)N=C(N)O1. The van der Waals surface area contributed by atoms with Gasteiger partial charge in [-0.3, -0.25) is 9.78 Å².